The molecule has 0 spiro atoms. The van der Waals surface area contributed by atoms with E-state index in [1.807, 2.05) is 31.3 Å². The summed E-state index contributed by atoms with van der Waals surface area (Å²) in [6.07, 6.45) is 4.31. The zero-order valence-electron chi connectivity index (χ0n) is 11.6. The number of nitrogens with zero attached hydrogens (tertiary/aromatic N) is 1. The van der Waals surface area contributed by atoms with Crippen LogP contribution in [-0.2, 0) is 6.42 Å². The second-order valence-corrected chi connectivity index (χ2v) is 4.30. The van der Waals surface area contributed by atoms with Crippen LogP contribution >= 0.6 is 0 Å². The van der Waals surface area contributed by atoms with E-state index < -0.39 is 0 Å². The third kappa shape index (κ3) is 4.38. The van der Waals surface area contributed by atoms with E-state index in [2.05, 4.69) is 18.5 Å². The maximum atomic E-state index is 12.5. The van der Waals surface area contributed by atoms with E-state index in [9.17, 15) is 4.79 Å². The molecule has 0 aliphatic carbocycles. The fourth-order valence-corrected chi connectivity index (χ4v) is 1.93. The highest BCUT2D eigenvalue weighted by Gasteiger charge is 2.16. The number of likely N-dealkylation sites (N-methyl/N-ethyl adjacent to an activating group) is 1. The van der Waals surface area contributed by atoms with E-state index in [0.717, 1.165) is 24.1 Å². The minimum atomic E-state index is 0.0338. The van der Waals surface area contributed by atoms with E-state index in [1.54, 1.807) is 17.1 Å². The second kappa shape index (κ2) is 8.27. The maximum Gasteiger partial charge on any atom is 0.254 e. The van der Waals surface area contributed by atoms with Crippen LogP contribution in [0.15, 0.2) is 49.6 Å². The molecule has 1 amide bonds. The van der Waals surface area contributed by atoms with Crippen molar-refractivity contribution in [2.24, 2.45) is 0 Å². The highest BCUT2D eigenvalue weighted by Crippen LogP contribution is 2.12. The van der Waals surface area contributed by atoms with Crippen molar-refractivity contribution >= 4 is 5.91 Å². The normalized spacial score (nSPS) is 9.95. The molecule has 0 unspecified atom stereocenters. The number of nitrogens with one attached hydrogen (secondary N) is 1. The molecule has 0 fully saturated rings. The molecule has 19 heavy (non-hydrogen) atoms. The molecule has 1 N–H and O–H groups in total. The van der Waals surface area contributed by atoms with Gasteiger partial charge in [0, 0.05) is 18.7 Å². The lowest BCUT2D eigenvalue weighted by molar-refractivity contribution is 0.0790. The van der Waals surface area contributed by atoms with Crippen LogP contribution in [0.5, 0.6) is 0 Å². The fourth-order valence-electron chi connectivity index (χ4n) is 1.93. The van der Waals surface area contributed by atoms with Gasteiger partial charge >= 0.3 is 0 Å². The van der Waals surface area contributed by atoms with Crippen molar-refractivity contribution in [1.29, 1.82) is 0 Å². The van der Waals surface area contributed by atoms with E-state index in [0.29, 0.717) is 13.1 Å². The van der Waals surface area contributed by atoms with Gasteiger partial charge in [0.25, 0.3) is 5.91 Å². The molecular weight excluding hydrogens is 236 g/mol. The average molecular weight is 258 g/mol. The Morgan fingerprint density at radius 2 is 1.89 bits per heavy atom. The van der Waals surface area contributed by atoms with Crippen molar-refractivity contribution < 1.29 is 4.79 Å². The molecular formula is C16H22N2O. The third-order valence-corrected chi connectivity index (χ3v) is 2.88. The Morgan fingerprint density at radius 3 is 2.47 bits per heavy atom. The lowest BCUT2D eigenvalue weighted by atomic mass is 10.0. The van der Waals surface area contributed by atoms with Crippen LogP contribution in [0.25, 0.3) is 0 Å². The van der Waals surface area contributed by atoms with Gasteiger partial charge in [-0.25, -0.2) is 0 Å². The van der Waals surface area contributed by atoms with Crippen LogP contribution in [0.4, 0.5) is 0 Å². The Kier molecular flexibility index (Phi) is 6.61. The number of carbonyl (C=O) groups is 1. The molecule has 0 aliphatic rings. The summed E-state index contributed by atoms with van der Waals surface area (Å²) in [5, 5.41) is 3.10. The van der Waals surface area contributed by atoms with Crippen molar-refractivity contribution in [3.63, 3.8) is 0 Å². The summed E-state index contributed by atoms with van der Waals surface area (Å²) in [6, 6.07) is 7.75. The predicted molar refractivity (Wildman–Crippen MR) is 80.4 cm³/mol. The predicted octanol–water partition coefficient (Wildman–Crippen LogP) is 2.26. The molecule has 3 nitrogen and oxygen atoms in total. The topological polar surface area (TPSA) is 32.3 Å². The van der Waals surface area contributed by atoms with Gasteiger partial charge in [0.05, 0.1) is 0 Å². The van der Waals surface area contributed by atoms with Crippen LogP contribution in [-0.4, -0.2) is 37.5 Å². The number of rotatable bonds is 8. The Balaban J connectivity index is 2.95. The van der Waals surface area contributed by atoms with Crippen LogP contribution in [0.1, 0.15) is 15.9 Å². The number of hydrogen-bond donors (Lipinski definition) is 1. The van der Waals surface area contributed by atoms with Gasteiger partial charge < -0.3 is 10.2 Å². The Morgan fingerprint density at radius 1 is 1.26 bits per heavy atom. The minimum Gasteiger partial charge on any atom is -0.331 e. The molecule has 0 saturated carbocycles. The number of amides is 1. The molecule has 0 aliphatic heterocycles. The minimum absolute atomic E-state index is 0.0338. The summed E-state index contributed by atoms with van der Waals surface area (Å²) in [4.78, 5) is 14.3. The molecule has 102 valence electrons. The first-order valence-corrected chi connectivity index (χ1v) is 6.48. The first kappa shape index (κ1) is 15.2. The third-order valence-electron chi connectivity index (χ3n) is 2.88. The summed E-state index contributed by atoms with van der Waals surface area (Å²) in [7, 11) is 1.91. The van der Waals surface area contributed by atoms with Gasteiger partial charge in [-0.1, -0.05) is 30.4 Å². The van der Waals surface area contributed by atoms with Gasteiger partial charge in [-0.3, -0.25) is 4.79 Å². The summed E-state index contributed by atoms with van der Waals surface area (Å²) >= 11 is 0. The maximum absolute atomic E-state index is 12.5. The van der Waals surface area contributed by atoms with Gasteiger partial charge in [0.2, 0.25) is 0 Å². The quantitative estimate of drug-likeness (QED) is 0.725. The van der Waals surface area contributed by atoms with Crippen molar-refractivity contribution in [2.45, 2.75) is 6.42 Å². The van der Waals surface area contributed by atoms with Gasteiger partial charge in [0.15, 0.2) is 0 Å². The molecule has 0 radical (unpaired) electrons. The second-order valence-electron chi connectivity index (χ2n) is 4.30. The number of benzene rings is 1. The van der Waals surface area contributed by atoms with E-state index in [4.69, 9.17) is 0 Å². The van der Waals surface area contributed by atoms with Gasteiger partial charge in [0.1, 0.15) is 0 Å². The molecule has 3 heteroatoms. The first-order valence-electron chi connectivity index (χ1n) is 6.48. The fraction of sp³-hybridized carbons (Fsp3) is 0.312. The molecule has 1 aromatic carbocycles. The van der Waals surface area contributed by atoms with Crippen molar-refractivity contribution in [3.8, 4) is 0 Å². The number of hydrogen-bond acceptors (Lipinski definition) is 2. The van der Waals surface area contributed by atoms with Crippen LogP contribution in [0.3, 0.4) is 0 Å². The molecule has 1 rings (SSSR count). The average Bonchev–Trinajstić information content (AvgIpc) is 2.44. The SMILES string of the molecule is C=CCN(CC=C)C(=O)c1ccccc1CCNC. The zero-order valence-corrected chi connectivity index (χ0v) is 11.6. The van der Waals surface area contributed by atoms with E-state index in [-0.39, 0.29) is 5.91 Å². The van der Waals surface area contributed by atoms with Gasteiger partial charge in [-0.15, -0.1) is 13.2 Å². The summed E-state index contributed by atoms with van der Waals surface area (Å²) in [5.41, 5.74) is 1.83. The van der Waals surface area contributed by atoms with Crippen molar-refractivity contribution in [3.05, 3.63) is 60.7 Å². The molecule has 0 aromatic heterocycles. The van der Waals surface area contributed by atoms with E-state index >= 15 is 0 Å². The Bertz CT molecular complexity index is 430. The van der Waals surface area contributed by atoms with Crippen molar-refractivity contribution in [2.75, 3.05) is 26.7 Å². The summed E-state index contributed by atoms with van der Waals surface area (Å²) in [5.74, 6) is 0.0338. The Labute approximate surface area is 115 Å². The summed E-state index contributed by atoms with van der Waals surface area (Å²) in [6.45, 7) is 9.31. The molecule has 0 heterocycles. The highest BCUT2D eigenvalue weighted by atomic mass is 16.2. The monoisotopic (exact) mass is 258 g/mol. The van der Waals surface area contributed by atoms with Gasteiger partial charge in [-0.05, 0) is 31.6 Å². The van der Waals surface area contributed by atoms with Crippen LogP contribution in [0, 0.1) is 0 Å². The van der Waals surface area contributed by atoms with Gasteiger partial charge in [-0.2, -0.15) is 0 Å². The highest BCUT2D eigenvalue weighted by molar-refractivity contribution is 5.95. The first-order chi connectivity index (χ1) is 9.24. The zero-order chi connectivity index (χ0) is 14.1. The van der Waals surface area contributed by atoms with Crippen LogP contribution in [0.2, 0.25) is 0 Å². The lowest BCUT2D eigenvalue weighted by Crippen LogP contribution is -2.32. The molecule has 0 atom stereocenters. The smallest absolute Gasteiger partial charge is 0.254 e. The molecule has 1 aromatic rings. The Hall–Kier alpha value is -1.87. The molecule has 0 bridgehead atoms. The van der Waals surface area contributed by atoms with Crippen molar-refractivity contribution in [1.82, 2.24) is 10.2 Å². The summed E-state index contributed by atoms with van der Waals surface area (Å²) < 4.78 is 0. The molecule has 0 saturated heterocycles. The van der Waals surface area contributed by atoms with E-state index in [1.165, 1.54) is 0 Å². The van der Waals surface area contributed by atoms with Crippen LogP contribution < -0.4 is 5.32 Å². The number of carbonyl (C=O) groups excluding carboxylic acids is 1. The standard InChI is InChI=1S/C16H22N2O/c1-4-12-18(13-5-2)16(19)15-9-7-6-8-14(15)10-11-17-3/h4-9,17H,1-2,10-13H2,3H3. The lowest BCUT2D eigenvalue weighted by Gasteiger charge is -2.21. The largest absolute Gasteiger partial charge is 0.331 e.